The minimum atomic E-state index is -1.03. The normalized spacial score (nSPS) is 20.2. The lowest BCUT2D eigenvalue weighted by Crippen LogP contribution is -2.46. The van der Waals surface area contributed by atoms with E-state index in [4.69, 9.17) is 4.74 Å². The number of alkyl carbamates (subject to hydrolysis) is 1. The fourth-order valence-electron chi connectivity index (χ4n) is 4.58. The van der Waals surface area contributed by atoms with Crippen LogP contribution in [0, 0.1) is 5.92 Å². The maximum Gasteiger partial charge on any atom is 0.407 e. The third-order valence-electron chi connectivity index (χ3n) is 6.10. The quantitative estimate of drug-likeness (QED) is 0.678. The van der Waals surface area contributed by atoms with Gasteiger partial charge in [0.2, 0.25) is 0 Å². The van der Waals surface area contributed by atoms with Gasteiger partial charge in [0.1, 0.15) is 12.6 Å². The number of hydrogen-bond donors (Lipinski definition) is 2. The van der Waals surface area contributed by atoms with E-state index in [2.05, 4.69) is 29.6 Å². The Hall–Kier alpha value is -3.08. The number of carbonyl (C=O) groups is 2. The highest BCUT2D eigenvalue weighted by Crippen LogP contribution is 2.44. The van der Waals surface area contributed by atoms with E-state index >= 15 is 0 Å². The molecule has 2 unspecified atom stereocenters. The van der Waals surface area contributed by atoms with Gasteiger partial charge in [-0.05, 0) is 41.5 Å². The van der Waals surface area contributed by atoms with Gasteiger partial charge in [-0.2, -0.15) is 0 Å². The van der Waals surface area contributed by atoms with Crippen molar-refractivity contribution in [3.05, 3.63) is 71.8 Å². The Balaban J connectivity index is 1.44. The van der Waals surface area contributed by atoms with Crippen molar-refractivity contribution in [3.63, 3.8) is 0 Å². The maximum absolute atomic E-state index is 12.5. The van der Waals surface area contributed by atoms with E-state index in [0.29, 0.717) is 0 Å². The molecule has 0 aliphatic heterocycles. The van der Waals surface area contributed by atoms with Crippen LogP contribution in [-0.4, -0.2) is 29.8 Å². The highest BCUT2D eigenvalue weighted by molar-refractivity contribution is 5.81. The van der Waals surface area contributed by atoms with E-state index in [1.165, 1.54) is 0 Å². The molecule has 0 radical (unpaired) electrons. The van der Waals surface area contributed by atoms with Gasteiger partial charge in [0.05, 0.1) is 0 Å². The van der Waals surface area contributed by atoms with Crippen LogP contribution in [0.2, 0.25) is 0 Å². The number of hydrogen-bond acceptors (Lipinski definition) is 3. The molecule has 0 bridgehead atoms. The monoisotopic (exact) mass is 405 g/mol. The predicted octanol–water partition coefficient (Wildman–Crippen LogP) is 5.11. The van der Waals surface area contributed by atoms with Gasteiger partial charge >= 0.3 is 12.1 Å². The molecular weight excluding hydrogens is 378 g/mol. The molecule has 2 atom stereocenters. The van der Waals surface area contributed by atoms with Gasteiger partial charge in [-0.25, -0.2) is 9.59 Å². The van der Waals surface area contributed by atoms with Crippen LogP contribution in [0.15, 0.2) is 60.7 Å². The number of carbonyl (C=O) groups excluding carboxylic acids is 1. The fourth-order valence-corrected chi connectivity index (χ4v) is 4.58. The molecule has 156 valence electrons. The van der Waals surface area contributed by atoms with Crippen LogP contribution in [0.4, 0.5) is 4.79 Å². The van der Waals surface area contributed by atoms with Crippen molar-refractivity contribution < 1.29 is 19.4 Å². The molecule has 5 nitrogen and oxygen atoms in total. The summed E-state index contributed by atoms with van der Waals surface area (Å²) in [6.07, 6.45) is 8.15. The molecule has 2 aliphatic carbocycles. The molecule has 0 heterocycles. The molecule has 2 N–H and O–H groups in total. The number of aliphatic carboxylic acids is 1. The molecule has 0 saturated heterocycles. The van der Waals surface area contributed by atoms with E-state index in [1.54, 1.807) is 0 Å². The van der Waals surface area contributed by atoms with Crippen molar-refractivity contribution in [2.45, 2.75) is 44.1 Å². The van der Waals surface area contributed by atoms with Crippen LogP contribution in [0.3, 0.4) is 0 Å². The topological polar surface area (TPSA) is 75.6 Å². The van der Waals surface area contributed by atoms with Crippen LogP contribution in [0.1, 0.15) is 49.1 Å². The fraction of sp³-hybridized carbons (Fsp3) is 0.360. The predicted molar refractivity (Wildman–Crippen MR) is 115 cm³/mol. The molecule has 4 rings (SSSR count). The van der Waals surface area contributed by atoms with Gasteiger partial charge < -0.3 is 15.2 Å². The molecule has 0 spiro atoms. The number of carboxylic acids is 1. The minimum absolute atomic E-state index is 0.0484. The number of amides is 1. The summed E-state index contributed by atoms with van der Waals surface area (Å²) < 4.78 is 5.53. The summed E-state index contributed by atoms with van der Waals surface area (Å²) in [6.45, 7) is 0.173. The zero-order valence-corrected chi connectivity index (χ0v) is 16.9. The van der Waals surface area contributed by atoms with E-state index in [1.807, 2.05) is 36.4 Å². The first-order valence-corrected chi connectivity index (χ1v) is 10.7. The number of carboxylic acid groups (broad SMARTS) is 1. The molecule has 2 aliphatic rings. The summed E-state index contributed by atoms with van der Waals surface area (Å²) in [7, 11) is 0. The van der Waals surface area contributed by atoms with Crippen LogP contribution in [0.25, 0.3) is 11.1 Å². The third-order valence-corrected chi connectivity index (χ3v) is 6.10. The molecule has 5 heteroatoms. The second kappa shape index (κ2) is 9.16. The summed E-state index contributed by atoms with van der Waals surface area (Å²) in [5.41, 5.74) is 4.57. The summed E-state index contributed by atoms with van der Waals surface area (Å²) in [5, 5.41) is 12.3. The Kier molecular flexibility index (Phi) is 6.17. The largest absolute Gasteiger partial charge is 0.480 e. The van der Waals surface area contributed by atoms with Gasteiger partial charge in [0.25, 0.3) is 0 Å². The van der Waals surface area contributed by atoms with Gasteiger partial charge in [-0.15, -0.1) is 0 Å². The van der Waals surface area contributed by atoms with Gasteiger partial charge in [-0.3, -0.25) is 0 Å². The first-order valence-electron chi connectivity index (χ1n) is 10.7. The average molecular weight is 405 g/mol. The van der Waals surface area contributed by atoms with Crippen LogP contribution in [0.5, 0.6) is 0 Å². The lowest BCUT2D eigenvalue weighted by molar-refractivity contribution is -0.140. The minimum Gasteiger partial charge on any atom is -0.480 e. The molecule has 0 fully saturated rings. The first kappa shape index (κ1) is 20.2. The zero-order chi connectivity index (χ0) is 20.9. The van der Waals surface area contributed by atoms with Crippen molar-refractivity contribution in [3.8, 4) is 11.1 Å². The van der Waals surface area contributed by atoms with Crippen LogP contribution in [-0.2, 0) is 9.53 Å². The molecule has 0 saturated carbocycles. The lowest BCUT2D eigenvalue weighted by Gasteiger charge is -2.23. The number of nitrogens with one attached hydrogen (secondary N) is 1. The Morgan fingerprint density at radius 1 is 1.00 bits per heavy atom. The van der Waals surface area contributed by atoms with E-state index in [-0.39, 0.29) is 18.4 Å². The summed E-state index contributed by atoms with van der Waals surface area (Å²) in [5.74, 6) is -1.30. The van der Waals surface area contributed by atoms with Crippen molar-refractivity contribution in [1.82, 2.24) is 5.32 Å². The number of benzene rings is 2. The maximum atomic E-state index is 12.5. The molecule has 2 aromatic carbocycles. The second-order valence-corrected chi connectivity index (χ2v) is 8.02. The summed E-state index contributed by atoms with van der Waals surface area (Å²) in [4.78, 5) is 24.3. The first-order chi connectivity index (χ1) is 14.6. The standard InChI is InChI=1S/C25H27NO4/c27-24(28)23(17-10-4-2-1-3-5-11-17)26-25(29)30-16-22-20-14-8-6-12-18(20)19-13-7-9-15-21(19)22/h4,6-10,12-15,17,22-23H,1-3,5,11,16H2,(H,26,29)(H,27,28)/b10-4-. The van der Waals surface area contributed by atoms with E-state index in [0.717, 1.165) is 54.4 Å². The summed E-state index contributed by atoms with van der Waals surface area (Å²) >= 11 is 0. The molecular formula is C25H27NO4. The summed E-state index contributed by atoms with van der Waals surface area (Å²) in [6, 6.07) is 15.3. The van der Waals surface area contributed by atoms with Gasteiger partial charge in [0, 0.05) is 11.8 Å². The average Bonchev–Trinajstić information content (AvgIpc) is 3.04. The molecule has 0 aromatic heterocycles. The highest BCUT2D eigenvalue weighted by Gasteiger charge is 2.31. The SMILES string of the molecule is O=C(NC(C(=O)O)C1/C=C\CCCCC1)OCC1c2ccccc2-c2ccccc21. The third kappa shape index (κ3) is 4.25. The van der Waals surface area contributed by atoms with Crippen molar-refractivity contribution >= 4 is 12.1 Å². The molecule has 1 amide bonds. The zero-order valence-electron chi connectivity index (χ0n) is 16.9. The molecule has 2 aromatic rings. The van der Waals surface area contributed by atoms with Crippen LogP contribution < -0.4 is 5.32 Å². The number of rotatable bonds is 5. The Morgan fingerprint density at radius 3 is 2.33 bits per heavy atom. The number of ether oxygens (including phenoxy) is 1. The Morgan fingerprint density at radius 2 is 1.67 bits per heavy atom. The van der Waals surface area contributed by atoms with E-state index in [9.17, 15) is 14.7 Å². The van der Waals surface area contributed by atoms with Crippen molar-refractivity contribution in [1.29, 1.82) is 0 Å². The smallest absolute Gasteiger partial charge is 0.407 e. The van der Waals surface area contributed by atoms with Crippen molar-refractivity contribution in [2.75, 3.05) is 6.61 Å². The number of fused-ring (bicyclic) bond motifs is 3. The van der Waals surface area contributed by atoms with Crippen LogP contribution >= 0.6 is 0 Å². The van der Waals surface area contributed by atoms with Gasteiger partial charge in [0.15, 0.2) is 0 Å². The Bertz CT molecular complexity index is 906. The van der Waals surface area contributed by atoms with Crippen molar-refractivity contribution in [2.24, 2.45) is 5.92 Å². The van der Waals surface area contributed by atoms with E-state index < -0.39 is 18.1 Å². The highest BCUT2D eigenvalue weighted by atomic mass is 16.5. The Labute approximate surface area is 176 Å². The molecule has 30 heavy (non-hydrogen) atoms. The number of allylic oxidation sites excluding steroid dienone is 1. The van der Waals surface area contributed by atoms with Gasteiger partial charge in [-0.1, -0.05) is 73.5 Å². The lowest BCUT2D eigenvalue weighted by atomic mass is 9.90. The second-order valence-electron chi connectivity index (χ2n) is 8.02.